The summed E-state index contributed by atoms with van der Waals surface area (Å²) in [5.74, 6) is -6.52. The summed E-state index contributed by atoms with van der Waals surface area (Å²) < 4.78 is 33.9. The van der Waals surface area contributed by atoms with Crippen LogP contribution in [-0.2, 0) is 44.8 Å². The second-order valence-electron chi connectivity index (χ2n) is 21.1. The fourth-order valence-electron chi connectivity index (χ4n) is 14.5. The molecule has 10 atom stereocenters. The van der Waals surface area contributed by atoms with Crippen LogP contribution in [-0.4, -0.2) is 130 Å². The number of carbonyl (C=O) groups excluding carboxylic acids is 7. The first-order valence-electron chi connectivity index (χ1n) is 23.2. The number of anilines is 1. The maximum absolute atomic E-state index is 17.8. The number of halogens is 2. The van der Waals surface area contributed by atoms with E-state index in [1.165, 1.54) is 12.2 Å². The highest BCUT2D eigenvalue weighted by Gasteiger charge is 2.78. The fraction of sp³-hybridized carbons (Fsp3) is 0.592. The van der Waals surface area contributed by atoms with Crippen molar-refractivity contribution in [2.75, 3.05) is 37.7 Å². The average molecular weight is 930 g/mol. The summed E-state index contributed by atoms with van der Waals surface area (Å²) in [7, 11) is 0. The van der Waals surface area contributed by atoms with Gasteiger partial charge in [-0.15, -0.1) is 0 Å². The van der Waals surface area contributed by atoms with E-state index in [4.69, 9.17) is 0 Å². The van der Waals surface area contributed by atoms with Crippen molar-refractivity contribution in [1.29, 1.82) is 0 Å². The van der Waals surface area contributed by atoms with Gasteiger partial charge in [-0.3, -0.25) is 43.3 Å². The van der Waals surface area contributed by atoms with Crippen LogP contribution >= 0.6 is 0 Å². The van der Waals surface area contributed by atoms with Crippen molar-refractivity contribution in [1.82, 2.24) is 20.9 Å². The largest absolute Gasteiger partial charge is 0.481 e. The molecule has 6 N–H and O–H groups in total. The Morgan fingerprint density at radius 1 is 0.925 bits per heavy atom. The van der Waals surface area contributed by atoms with Gasteiger partial charge in [0, 0.05) is 67.2 Å². The summed E-state index contributed by atoms with van der Waals surface area (Å²) in [5.41, 5.74) is -4.45. The number of aliphatic hydroxyl groups excluding tert-OH is 2. The van der Waals surface area contributed by atoms with Gasteiger partial charge in [-0.2, -0.15) is 0 Å². The minimum atomic E-state index is -2.26. The molecule has 10 rings (SSSR count). The lowest BCUT2D eigenvalue weighted by molar-refractivity contribution is -0.210. The number of amides is 5. The summed E-state index contributed by atoms with van der Waals surface area (Å²) in [6.45, 7) is 2.78. The van der Waals surface area contributed by atoms with Crippen molar-refractivity contribution in [3.8, 4) is 0 Å². The molecule has 1 saturated heterocycles. The normalized spacial score (nSPS) is 37.9. The molecular formula is C49H57F2N5O11. The molecule has 1 aromatic carbocycles. The SMILES string of the molecule is C[C@]12C=CC(=O)C=C1[C@@H](F)C[C@H]1[C@@H]3C[C@H]4CN(c5ccc(CC67CC(NC(=O)[C@H](CCC(=O)O)NC(=O)CNC(=O)CCN8C(=O)C=CC8=O)(C6)C7)cc5)C[C@@]4(C(=O)CO)[C@@]3(C)C[C@H](O)[C@@]12F. The van der Waals surface area contributed by atoms with Gasteiger partial charge in [-0.1, -0.05) is 25.1 Å². The number of nitrogens with one attached hydrogen (secondary N) is 3. The molecule has 2 aliphatic heterocycles. The number of imide groups is 1. The number of Topliss-reactive ketones (excluding diaryl/α,β-unsaturated/α-hetero) is 1. The summed E-state index contributed by atoms with van der Waals surface area (Å²) in [5, 5.41) is 39.6. The predicted octanol–water partition coefficient (Wildman–Crippen LogP) is 1.96. The minimum absolute atomic E-state index is 0.0462. The number of alkyl halides is 2. The van der Waals surface area contributed by atoms with Crippen molar-refractivity contribution in [2.45, 2.75) is 108 Å². The van der Waals surface area contributed by atoms with Gasteiger partial charge in [0.1, 0.15) is 18.8 Å². The van der Waals surface area contributed by atoms with Gasteiger partial charge in [0.2, 0.25) is 17.7 Å². The number of fused-ring (bicyclic) bond motifs is 7. The zero-order valence-electron chi connectivity index (χ0n) is 37.5. The molecule has 0 spiro atoms. The smallest absolute Gasteiger partial charge is 0.303 e. The number of ketones is 2. The third kappa shape index (κ3) is 7.26. The summed E-state index contributed by atoms with van der Waals surface area (Å²) in [6.07, 6.45) is 5.00. The van der Waals surface area contributed by atoms with Crippen molar-refractivity contribution in [3.05, 3.63) is 65.8 Å². The molecule has 2 bridgehead atoms. The Kier molecular flexibility index (Phi) is 11.3. The Balaban J connectivity index is 0.802. The Labute approximate surface area is 385 Å². The lowest BCUT2D eigenvalue weighted by Crippen LogP contribution is -2.76. The highest BCUT2D eigenvalue weighted by Crippen LogP contribution is 2.75. The van der Waals surface area contributed by atoms with Crippen LogP contribution in [0, 0.1) is 39.4 Å². The van der Waals surface area contributed by atoms with Crippen LogP contribution in [0.1, 0.15) is 77.2 Å². The molecule has 2 heterocycles. The molecule has 0 unspecified atom stereocenters. The molecule has 5 amide bonds. The highest BCUT2D eigenvalue weighted by atomic mass is 19.1. The lowest BCUT2D eigenvalue weighted by Gasteiger charge is -2.71. The third-order valence-corrected chi connectivity index (χ3v) is 17.4. The van der Waals surface area contributed by atoms with E-state index < -0.39 is 112 Å². The van der Waals surface area contributed by atoms with Crippen LogP contribution in [0.15, 0.2) is 60.2 Å². The number of benzene rings is 1. The van der Waals surface area contributed by atoms with E-state index in [9.17, 15) is 53.7 Å². The van der Waals surface area contributed by atoms with Crippen LogP contribution in [0.3, 0.4) is 0 Å². The first kappa shape index (κ1) is 46.5. The van der Waals surface area contributed by atoms with E-state index >= 15 is 8.78 Å². The molecule has 0 radical (unpaired) electrons. The van der Waals surface area contributed by atoms with Crippen LogP contribution in [0.2, 0.25) is 0 Å². The zero-order chi connectivity index (χ0) is 48.1. The number of hydrogen-bond acceptors (Lipinski definition) is 11. The number of aliphatic hydroxyl groups is 2. The van der Waals surface area contributed by atoms with E-state index in [2.05, 4.69) is 20.9 Å². The number of nitrogens with zero attached hydrogens (tertiary/aromatic N) is 2. The molecule has 16 nitrogen and oxygen atoms in total. The Hall–Kier alpha value is -5.62. The molecule has 7 fully saturated rings. The predicted molar refractivity (Wildman–Crippen MR) is 234 cm³/mol. The fourth-order valence-corrected chi connectivity index (χ4v) is 14.5. The van der Waals surface area contributed by atoms with Crippen LogP contribution in [0.5, 0.6) is 0 Å². The van der Waals surface area contributed by atoms with E-state index in [0.29, 0.717) is 32.2 Å². The number of carboxylic acids is 1. The molecule has 358 valence electrons. The highest BCUT2D eigenvalue weighted by molar-refractivity contribution is 6.13. The van der Waals surface area contributed by atoms with Gasteiger partial charge in [0.25, 0.3) is 11.8 Å². The van der Waals surface area contributed by atoms with Gasteiger partial charge in [-0.25, -0.2) is 8.78 Å². The van der Waals surface area contributed by atoms with Gasteiger partial charge >= 0.3 is 5.97 Å². The quantitative estimate of drug-likeness (QED) is 0.131. The Bertz CT molecular complexity index is 2400. The third-order valence-electron chi connectivity index (χ3n) is 17.4. The molecule has 7 aliphatic carbocycles. The van der Waals surface area contributed by atoms with Gasteiger partial charge in [0.15, 0.2) is 17.2 Å². The molecule has 18 heteroatoms. The molecule has 6 saturated carbocycles. The summed E-state index contributed by atoms with van der Waals surface area (Å²) >= 11 is 0. The van der Waals surface area contributed by atoms with Crippen LogP contribution in [0.25, 0.3) is 0 Å². The first-order chi connectivity index (χ1) is 31.6. The number of hydrogen-bond donors (Lipinski definition) is 6. The van der Waals surface area contributed by atoms with E-state index in [1.807, 2.05) is 31.2 Å². The van der Waals surface area contributed by atoms with Crippen molar-refractivity contribution < 1.29 is 62.5 Å². The van der Waals surface area contributed by atoms with E-state index in [0.717, 1.165) is 40.8 Å². The first-order valence-corrected chi connectivity index (χ1v) is 23.2. The van der Waals surface area contributed by atoms with E-state index in [-0.39, 0.29) is 67.9 Å². The number of rotatable bonds is 16. The maximum Gasteiger partial charge on any atom is 0.303 e. The molecular weight excluding hydrogens is 873 g/mol. The second kappa shape index (κ2) is 16.3. The van der Waals surface area contributed by atoms with Gasteiger partial charge in [0.05, 0.1) is 18.1 Å². The zero-order valence-corrected chi connectivity index (χ0v) is 37.5. The molecule has 9 aliphatic rings. The number of allylic oxidation sites excluding steroid dienone is 4. The molecule has 67 heavy (non-hydrogen) atoms. The van der Waals surface area contributed by atoms with Gasteiger partial charge in [-0.05, 0) is 116 Å². The Morgan fingerprint density at radius 2 is 1.61 bits per heavy atom. The summed E-state index contributed by atoms with van der Waals surface area (Å²) in [4.78, 5) is 103. The number of aliphatic carboxylic acids is 1. The second-order valence-corrected chi connectivity index (χ2v) is 21.1. The van der Waals surface area contributed by atoms with E-state index in [1.54, 1.807) is 6.92 Å². The lowest BCUT2D eigenvalue weighted by atomic mass is 9.38. The number of carboxylic acid groups (broad SMARTS) is 1. The van der Waals surface area contributed by atoms with Crippen molar-refractivity contribution in [2.24, 2.45) is 39.4 Å². The average Bonchev–Trinajstić information content (AvgIpc) is 3.89. The standard InChI is InChI=1S/C49H57F2N5O11/c1-44-13-11-30(58)16-33(44)34(50)17-32-31-15-28-21-55(26-48(28,37(60)22-57)45(31,2)19-36(59)49(32,44)51)29-5-3-27(4-6-29)18-46-23-47(24-46,25-46)54-43(67)35(7-10-42(65)66)53-39(62)20-52-38(61)12-14-56-40(63)8-9-41(56)64/h3-6,8-9,11,13,16,28,31-32,34-36,57,59H,7,10,12,14-15,17-26H2,1-2H3,(H,52,61)(H,53,62)(H,54,67)(H,65,66)/t28-,31-,32-,34-,35-,36-,44-,45-,46?,47?,48+,49-/m0/s1. The Morgan fingerprint density at radius 3 is 2.27 bits per heavy atom. The van der Waals surface area contributed by atoms with Crippen molar-refractivity contribution in [3.63, 3.8) is 0 Å². The topological polar surface area (TPSA) is 240 Å². The molecule has 0 aromatic heterocycles. The van der Waals surface area contributed by atoms with Gasteiger partial charge < -0.3 is 36.2 Å². The summed E-state index contributed by atoms with van der Waals surface area (Å²) in [6, 6.07) is 6.87. The molecule has 1 aromatic rings. The van der Waals surface area contributed by atoms with Crippen molar-refractivity contribution >= 4 is 52.8 Å². The monoisotopic (exact) mass is 929 g/mol. The van der Waals surface area contributed by atoms with Crippen LogP contribution < -0.4 is 20.9 Å². The number of carbonyl (C=O) groups is 8. The van der Waals surface area contributed by atoms with Crippen LogP contribution in [0.4, 0.5) is 14.5 Å². The maximum atomic E-state index is 17.8. The minimum Gasteiger partial charge on any atom is -0.481 e.